The number of carboxylic acid groups (broad SMARTS) is 1. The maximum atomic E-state index is 13.6. The Morgan fingerprint density at radius 1 is 1.45 bits per heavy atom. The second-order valence-corrected chi connectivity index (χ2v) is 5.14. The number of carboxylic acids is 1. The molecule has 0 spiro atoms. The maximum Gasteiger partial charge on any atom is 0.313 e. The molecule has 20 heavy (non-hydrogen) atoms. The van der Waals surface area contributed by atoms with E-state index < -0.39 is 5.97 Å². The summed E-state index contributed by atoms with van der Waals surface area (Å²) in [4.78, 5) is 10.6. The van der Waals surface area contributed by atoms with Crippen molar-refractivity contribution in [1.29, 1.82) is 0 Å². The van der Waals surface area contributed by atoms with Gasteiger partial charge in [0.2, 0.25) is 0 Å². The summed E-state index contributed by atoms with van der Waals surface area (Å²) in [7, 11) is 0. The Bertz CT molecular complexity index is 643. The lowest BCUT2D eigenvalue weighted by molar-refractivity contribution is -0.133. The van der Waals surface area contributed by atoms with Crippen molar-refractivity contribution in [3.8, 4) is 11.4 Å². The zero-order chi connectivity index (χ0) is 14.7. The highest BCUT2D eigenvalue weighted by Crippen LogP contribution is 2.25. The smallest absolute Gasteiger partial charge is 0.313 e. The molecule has 0 amide bonds. The van der Waals surface area contributed by atoms with E-state index in [2.05, 4.69) is 10.2 Å². The van der Waals surface area contributed by atoms with Gasteiger partial charge in [0, 0.05) is 12.1 Å². The molecule has 1 N–H and O–H groups in total. The summed E-state index contributed by atoms with van der Waals surface area (Å²) >= 11 is 1.10. The van der Waals surface area contributed by atoms with E-state index in [1.54, 1.807) is 23.6 Å². The Labute approximate surface area is 119 Å². The summed E-state index contributed by atoms with van der Waals surface area (Å²) in [6, 6.07) is 4.88. The van der Waals surface area contributed by atoms with Crippen molar-refractivity contribution in [2.75, 3.05) is 5.75 Å². The highest BCUT2D eigenvalue weighted by molar-refractivity contribution is 7.99. The van der Waals surface area contributed by atoms with E-state index in [1.165, 1.54) is 6.07 Å². The second-order valence-electron chi connectivity index (χ2n) is 4.20. The van der Waals surface area contributed by atoms with Crippen LogP contribution < -0.4 is 0 Å². The van der Waals surface area contributed by atoms with Gasteiger partial charge in [-0.1, -0.05) is 23.9 Å². The number of hydrogen-bond donors (Lipinski definition) is 1. The summed E-state index contributed by atoms with van der Waals surface area (Å²) in [5.74, 6) is -0.754. The van der Waals surface area contributed by atoms with E-state index in [0.717, 1.165) is 11.8 Å². The number of rotatable bonds is 5. The largest absolute Gasteiger partial charge is 0.481 e. The lowest BCUT2D eigenvalue weighted by Crippen LogP contribution is -2.03. The van der Waals surface area contributed by atoms with Gasteiger partial charge in [0.1, 0.15) is 5.82 Å². The van der Waals surface area contributed by atoms with Crippen molar-refractivity contribution in [1.82, 2.24) is 14.8 Å². The van der Waals surface area contributed by atoms with Crippen LogP contribution in [0.1, 0.15) is 12.5 Å². The molecule has 106 valence electrons. The fraction of sp³-hybridized carbons (Fsp3) is 0.308. The normalized spacial score (nSPS) is 10.8. The van der Waals surface area contributed by atoms with Crippen LogP contribution in [0.5, 0.6) is 0 Å². The van der Waals surface area contributed by atoms with Gasteiger partial charge >= 0.3 is 5.97 Å². The minimum atomic E-state index is -0.913. The van der Waals surface area contributed by atoms with E-state index in [1.807, 2.05) is 6.92 Å². The van der Waals surface area contributed by atoms with Gasteiger partial charge in [-0.25, -0.2) is 4.39 Å². The molecule has 2 rings (SSSR count). The topological polar surface area (TPSA) is 68.0 Å². The minimum Gasteiger partial charge on any atom is -0.481 e. The maximum absolute atomic E-state index is 13.6. The quantitative estimate of drug-likeness (QED) is 0.859. The number of aromatic nitrogens is 3. The summed E-state index contributed by atoms with van der Waals surface area (Å²) in [5, 5.41) is 17.2. The number of carbonyl (C=O) groups is 1. The van der Waals surface area contributed by atoms with E-state index >= 15 is 0 Å². The second kappa shape index (κ2) is 6.04. The fourth-order valence-corrected chi connectivity index (χ4v) is 2.47. The summed E-state index contributed by atoms with van der Waals surface area (Å²) in [6.07, 6.45) is 0. The SMILES string of the molecule is CCn1c(SCC(=O)O)nnc1-c1ccc(C)c(F)c1. The molecule has 1 aromatic carbocycles. The molecular formula is C13H14FN3O2S. The van der Waals surface area contributed by atoms with Crippen LogP contribution in [0.4, 0.5) is 4.39 Å². The first-order valence-electron chi connectivity index (χ1n) is 6.07. The lowest BCUT2D eigenvalue weighted by atomic mass is 10.1. The Hall–Kier alpha value is -1.89. The number of aliphatic carboxylic acids is 1. The summed E-state index contributed by atoms with van der Waals surface area (Å²) < 4.78 is 15.4. The van der Waals surface area contributed by atoms with Crippen molar-refractivity contribution in [2.24, 2.45) is 0 Å². The van der Waals surface area contributed by atoms with Crippen LogP contribution >= 0.6 is 11.8 Å². The van der Waals surface area contributed by atoms with E-state index in [-0.39, 0.29) is 11.6 Å². The predicted molar refractivity (Wildman–Crippen MR) is 74.2 cm³/mol. The third-order valence-corrected chi connectivity index (χ3v) is 3.74. The molecule has 0 aliphatic rings. The molecule has 0 aliphatic heterocycles. The van der Waals surface area contributed by atoms with Gasteiger partial charge in [-0.15, -0.1) is 10.2 Å². The van der Waals surface area contributed by atoms with E-state index in [9.17, 15) is 9.18 Å². The van der Waals surface area contributed by atoms with Crippen LogP contribution in [0.15, 0.2) is 23.4 Å². The summed E-state index contributed by atoms with van der Waals surface area (Å²) in [5.41, 5.74) is 1.20. The zero-order valence-electron chi connectivity index (χ0n) is 11.1. The van der Waals surface area contributed by atoms with Gasteiger partial charge in [0.25, 0.3) is 0 Å². The average molecular weight is 295 g/mol. The average Bonchev–Trinajstić information content (AvgIpc) is 2.82. The van der Waals surface area contributed by atoms with E-state index in [4.69, 9.17) is 5.11 Å². The summed E-state index contributed by atoms with van der Waals surface area (Å²) in [6.45, 7) is 4.18. The molecule has 0 atom stereocenters. The molecule has 0 fully saturated rings. The molecule has 1 heterocycles. The Morgan fingerprint density at radius 3 is 2.80 bits per heavy atom. The molecule has 0 bridgehead atoms. The number of aryl methyl sites for hydroxylation is 1. The van der Waals surface area contributed by atoms with Gasteiger partial charge in [0.15, 0.2) is 11.0 Å². The first-order chi connectivity index (χ1) is 9.52. The van der Waals surface area contributed by atoms with Gasteiger partial charge in [-0.05, 0) is 25.5 Å². The molecule has 0 saturated heterocycles. The molecule has 7 heteroatoms. The monoisotopic (exact) mass is 295 g/mol. The van der Waals surface area contributed by atoms with Crippen molar-refractivity contribution >= 4 is 17.7 Å². The van der Waals surface area contributed by atoms with Gasteiger partial charge in [-0.2, -0.15) is 0 Å². The molecule has 5 nitrogen and oxygen atoms in total. The van der Waals surface area contributed by atoms with Crippen molar-refractivity contribution < 1.29 is 14.3 Å². The molecule has 2 aromatic rings. The number of nitrogens with zero attached hydrogens (tertiary/aromatic N) is 3. The third-order valence-electron chi connectivity index (χ3n) is 2.79. The van der Waals surface area contributed by atoms with Crippen LogP contribution in [0.2, 0.25) is 0 Å². The predicted octanol–water partition coefficient (Wildman–Crippen LogP) is 2.59. The van der Waals surface area contributed by atoms with Crippen LogP contribution in [0.25, 0.3) is 11.4 Å². The highest BCUT2D eigenvalue weighted by Gasteiger charge is 2.15. The number of halogens is 1. The first-order valence-corrected chi connectivity index (χ1v) is 7.05. The Balaban J connectivity index is 2.36. The molecule has 0 aliphatic carbocycles. The zero-order valence-corrected chi connectivity index (χ0v) is 11.9. The van der Waals surface area contributed by atoms with Crippen molar-refractivity contribution in [3.63, 3.8) is 0 Å². The van der Waals surface area contributed by atoms with Crippen LogP contribution in [0, 0.1) is 12.7 Å². The van der Waals surface area contributed by atoms with Crippen LogP contribution in [0.3, 0.4) is 0 Å². The van der Waals surface area contributed by atoms with Crippen LogP contribution in [-0.2, 0) is 11.3 Å². The minimum absolute atomic E-state index is 0.0829. The van der Waals surface area contributed by atoms with Crippen LogP contribution in [-0.4, -0.2) is 31.6 Å². The van der Waals surface area contributed by atoms with Gasteiger partial charge < -0.3 is 9.67 Å². The number of thioether (sulfide) groups is 1. The van der Waals surface area contributed by atoms with Gasteiger partial charge in [0.05, 0.1) is 5.75 Å². The van der Waals surface area contributed by atoms with Gasteiger partial charge in [-0.3, -0.25) is 4.79 Å². The molecule has 0 saturated carbocycles. The van der Waals surface area contributed by atoms with Crippen molar-refractivity contribution in [2.45, 2.75) is 25.5 Å². The molecule has 0 radical (unpaired) electrons. The Kier molecular flexibility index (Phi) is 4.39. The molecular weight excluding hydrogens is 281 g/mol. The molecule has 0 unspecified atom stereocenters. The Morgan fingerprint density at radius 2 is 2.20 bits per heavy atom. The fourth-order valence-electron chi connectivity index (χ4n) is 1.75. The highest BCUT2D eigenvalue weighted by atomic mass is 32.2. The first kappa shape index (κ1) is 14.5. The molecule has 1 aromatic heterocycles. The number of benzene rings is 1. The van der Waals surface area contributed by atoms with E-state index in [0.29, 0.717) is 28.7 Å². The number of hydrogen-bond acceptors (Lipinski definition) is 4. The standard InChI is InChI=1S/C13H14FN3O2S/c1-3-17-12(9-5-4-8(2)10(14)6-9)15-16-13(17)20-7-11(18)19/h4-6H,3,7H2,1-2H3,(H,18,19). The lowest BCUT2D eigenvalue weighted by Gasteiger charge is -2.07. The van der Waals surface area contributed by atoms with Crippen molar-refractivity contribution in [3.05, 3.63) is 29.6 Å². The third kappa shape index (κ3) is 2.98.